The average molecular weight is 238 g/mol. The normalized spacial score (nSPS) is 19.9. The van der Waals surface area contributed by atoms with E-state index in [1.807, 2.05) is 24.3 Å². The Labute approximate surface area is 101 Å². The third-order valence-electron chi connectivity index (χ3n) is 3.22. The molecule has 0 radical (unpaired) electrons. The van der Waals surface area contributed by atoms with Gasteiger partial charge in [-0.2, -0.15) is 0 Å². The van der Waals surface area contributed by atoms with E-state index in [1.54, 1.807) is 0 Å². The van der Waals surface area contributed by atoms with Gasteiger partial charge in [-0.05, 0) is 32.4 Å². The zero-order valence-electron chi connectivity index (χ0n) is 9.66. The Morgan fingerprint density at radius 1 is 1.31 bits per heavy atom. The molecule has 3 heteroatoms. The average Bonchev–Trinajstić information content (AvgIpc) is 2.23. The second-order valence-corrected chi connectivity index (χ2v) is 5.30. The molecule has 0 unspecified atom stereocenters. The molecule has 0 amide bonds. The Kier molecular flexibility index (Phi) is 2.94. The van der Waals surface area contributed by atoms with Crippen LogP contribution in [0.15, 0.2) is 24.3 Å². The maximum Gasteiger partial charge on any atom is 0.152 e. The summed E-state index contributed by atoms with van der Waals surface area (Å²) in [5, 5.41) is 0.713. The van der Waals surface area contributed by atoms with Gasteiger partial charge in [0, 0.05) is 12.0 Å². The third kappa shape index (κ3) is 2.07. The summed E-state index contributed by atoms with van der Waals surface area (Å²) in [5.41, 5.74) is 0.959. The molecule has 1 aliphatic heterocycles. The quantitative estimate of drug-likeness (QED) is 0.747. The topological polar surface area (TPSA) is 20.3 Å². The summed E-state index contributed by atoms with van der Waals surface area (Å²) in [7, 11) is 0. The summed E-state index contributed by atoms with van der Waals surface area (Å²) in [5.74, 6) is 0.291. The Bertz CT molecular complexity index is 414. The molecular formula is C13H16ClNO. The number of carbonyl (C=O) groups excluding carboxylic acids is 1. The number of rotatable bonds is 1. The third-order valence-corrected chi connectivity index (χ3v) is 3.54. The van der Waals surface area contributed by atoms with Crippen molar-refractivity contribution < 1.29 is 4.79 Å². The van der Waals surface area contributed by atoms with Gasteiger partial charge in [0.05, 0.1) is 17.3 Å². The fourth-order valence-electron chi connectivity index (χ4n) is 2.13. The van der Waals surface area contributed by atoms with Gasteiger partial charge in [-0.25, -0.2) is 0 Å². The standard InChI is InChI=1S/C13H16ClNO/c1-13(2)8-7-10(16)9-15(13)12-6-4-3-5-11(12)14/h3-6H,7-9H2,1-2H3. The molecule has 1 aromatic rings. The molecular weight excluding hydrogens is 222 g/mol. The van der Waals surface area contributed by atoms with Crippen LogP contribution < -0.4 is 4.90 Å². The van der Waals surface area contributed by atoms with Crippen molar-refractivity contribution >= 4 is 23.1 Å². The predicted molar refractivity (Wildman–Crippen MR) is 67.1 cm³/mol. The number of anilines is 1. The smallest absolute Gasteiger partial charge is 0.152 e. The van der Waals surface area contributed by atoms with Crippen molar-refractivity contribution in [3.8, 4) is 0 Å². The Morgan fingerprint density at radius 3 is 2.69 bits per heavy atom. The van der Waals surface area contributed by atoms with Crippen LogP contribution in [0.25, 0.3) is 0 Å². The van der Waals surface area contributed by atoms with Crippen LogP contribution in [-0.4, -0.2) is 17.9 Å². The minimum Gasteiger partial charge on any atom is -0.358 e. The Morgan fingerprint density at radius 2 is 2.00 bits per heavy atom. The lowest BCUT2D eigenvalue weighted by Gasteiger charge is -2.43. The van der Waals surface area contributed by atoms with E-state index in [1.165, 1.54) is 0 Å². The van der Waals surface area contributed by atoms with Gasteiger partial charge < -0.3 is 4.90 Å². The van der Waals surface area contributed by atoms with Gasteiger partial charge in [0.25, 0.3) is 0 Å². The number of nitrogens with zero attached hydrogens (tertiary/aromatic N) is 1. The zero-order valence-corrected chi connectivity index (χ0v) is 10.4. The molecule has 0 spiro atoms. The second-order valence-electron chi connectivity index (χ2n) is 4.89. The van der Waals surface area contributed by atoms with E-state index >= 15 is 0 Å². The fourth-order valence-corrected chi connectivity index (χ4v) is 2.37. The van der Waals surface area contributed by atoms with Crippen LogP contribution in [0.2, 0.25) is 5.02 Å². The largest absolute Gasteiger partial charge is 0.358 e. The number of carbonyl (C=O) groups is 1. The lowest BCUT2D eigenvalue weighted by molar-refractivity contribution is -0.119. The molecule has 16 heavy (non-hydrogen) atoms. The Balaban J connectivity index is 2.38. The molecule has 0 atom stereocenters. The number of Topliss-reactive ketones (excluding diaryl/α,β-unsaturated/α-hetero) is 1. The first-order valence-corrected chi connectivity index (χ1v) is 5.92. The second kappa shape index (κ2) is 4.10. The SMILES string of the molecule is CC1(C)CCC(=O)CN1c1ccccc1Cl. The molecule has 2 rings (SSSR count). The van der Waals surface area contributed by atoms with Crippen molar-refractivity contribution in [2.45, 2.75) is 32.2 Å². The molecule has 1 heterocycles. The summed E-state index contributed by atoms with van der Waals surface area (Å²) in [6.45, 7) is 4.78. The van der Waals surface area contributed by atoms with Crippen molar-refractivity contribution in [1.29, 1.82) is 0 Å². The van der Waals surface area contributed by atoms with Crippen LogP contribution in [0.3, 0.4) is 0 Å². The molecule has 1 saturated heterocycles. The summed E-state index contributed by atoms with van der Waals surface area (Å²) in [4.78, 5) is 13.7. The first-order chi connectivity index (χ1) is 7.50. The van der Waals surface area contributed by atoms with Crippen LogP contribution in [-0.2, 0) is 4.79 Å². The number of ketones is 1. The number of benzene rings is 1. The highest BCUT2D eigenvalue weighted by molar-refractivity contribution is 6.33. The van der Waals surface area contributed by atoms with Gasteiger partial charge in [-0.3, -0.25) is 4.79 Å². The predicted octanol–water partition coefficient (Wildman–Crippen LogP) is 3.29. The van der Waals surface area contributed by atoms with E-state index < -0.39 is 0 Å². The van der Waals surface area contributed by atoms with Crippen molar-refractivity contribution in [1.82, 2.24) is 0 Å². The van der Waals surface area contributed by atoms with Crippen LogP contribution in [0.4, 0.5) is 5.69 Å². The molecule has 1 fully saturated rings. The van der Waals surface area contributed by atoms with E-state index in [0.717, 1.165) is 12.1 Å². The van der Waals surface area contributed by atoms with Gasteiger partial charge in [-0.1, -0.05) is 23.7 Å². The van der Waals surface area contributed by atoms with E-state index in [2.05, 4.69) is 18.7 Å². The summed E-state index contributed by atoms with van der Waals surface area (Å²) >= 11 is 6.18. The maximum atomic E-state index is 11.6. The number of hydrogen-bond donors (Lipinski definition) is 0. The van der Waals surface area contributed by atoms with Gasteiger partial charge in [-0.15, -0.1) is 0 Å². The Hall–Kier alpha value is -1.02. The summed E-state index contributed by atoms with van der Waals surface area (Å²) < 4.78 is 0. The lowest BCUT2D eigenvalue weighted by atomic mass is 9.89. The minimum atomic E-state index is -0.00109. The lowest BCUT2D eigenvalue weighted by Crippen LogP contribution is -2.51. The highest BCUT2D eigenvalue weighted by atomic mass is 35.5. The van der Waals surface area contributed by atoms with Crippen LogP contribution in [0.1, 0.15) is 26.7 Å². The van der Waals surface area contributed by atoms with Crippen molar-refractivity contribution in [3.05, 3.63) is 29.3 Å². The van der Waals surface area contributed by atoms with Gasteiger partial charge >= 0.3 is 0 Å². The molecule has 2 nitrogen and oxygen atoms in total. The molecule has 86 valence electrons. The first-order valence-electron chi connectivity index (χ1n) is 5.54. The van der Waals surface area contributed by atoms with Crippen LogP contribution in [0.5, 0.6) is 0 Å². The van der Waals surface area contributed by atoms with Gasteiger partial charge in [0.2, 0.25) is 0 Å². The minimum absolute atomic E-state index is 0.00109. The number of hydrogen-bond acceptors (Lipinski definition) is 2. The van der Waals surface area contributed by atoms with E-state index in [4.69, 9.17) is 11.6 Å². The summed E-state index contributed by atoms with van der Waals surface area (Å²) in [6.07, 6.45) is 1.56. The van der Waals surface area contributed by atoms with E-state index in [0.29, 0.717) is 23.8 Å². The van der Waals surface area contributed by atoms with Gasteiger partial charge in [0.1, 0.15) is 0 Å². The summed E-state index contributed by atoms with van der Waals surface area (Å²) in [6, 6.07) is 7.70. The number of para-hydroxylation sites is 1. The van der Waals surface area contributed by atoms with Crippen molar-refractivity contribution in [3.63, 3.8) is 0 Å². The highest BCUT2D eigenvalue weighted by Crippen LogP contribution is 2.35. The zero-order chi connectivity index (χ0) is 11.8. The number of piperidine rings is 1. The van der Waals surface area contributed by atoms with Crippen molar-refractivity contribution in [2.75, 3.05) is 11.4 Å². The highest BCUT2D eigenvalue weighted by Gasteiger charge is 2.34. The molecule has 0 saturated carbocycles. The van der Waals surface area contributed by atoms with Crippen LogP contribution in [0, 0.1) is 0 Å². The fraction of sp³-hybridized carbons (Fsp3) is 0.462. The van der Waals surface area contributed by atoms with E-state index in [-0.39, 0.29) is 5.54 Å². The molecule has 1 aliphatic rings. The molecule has 0 bridgehead atoms. The first kappa shape index (κ1) is 11.5. The van der Waals surface area contributed by atoms with E-state index in [9.17, 15) is 4.79 Å². The molecule has 0 aliphatic carbocycles. The number of halogens is 1. The van der Waals surface area contributed by atoms with Gasteiger partial charge in [0.15, 0.2) is 5.78 Å². The molecule has 0 N–H and O–H groups in total. The monoisotopic (exact) mass is 237 g/mol. The molecule has 1 aromatic carbocycles. The van der Waals surface area contributed by atoms with Crippen molar-refractivity contribution in [2.24, 2.45) is 0 Å². The van der Waals surface area contributed by atoms with Crippen LogP contribution >= 0.6 is 11.6 Å². The molecule has 0 aromatic heterocycles. The maximum absolute atomic E-state index is 11.6.